The molecule has 2 amide bonds. The number of nitrogen functional groups attached to an aromatic ring is 1. The smallest absolute Gasteiger partial charge is 0.394 e. The van der Waals surface area contributed by atoms with E-state index in [4.69, 9.17) is 5.73 Å². The fourth-order valence-corrected chi connectivity index (χ4v) is 4.69. The summed E-state index contributed by atoms with van der Waals surface area (Å²) in [5.74, 6) is -0.917. The van der Waals surface area contributed by atoms with Gasteiger partial charge in [-0.05, 0) is 50.3 Å². The van der Waals surface area contributed by atoms with Crippen LogP contribution in [-0.4, -0.2) is 55.5 Å². The first kappa shape index (κ1) is 24.0. The first-order valence-electron chi connectivity index (χ1n) is 11.6. The van der Waals surface area contributed by atoms with E-state index in [2.05, 4.69) is 20.3 Å². The second kappa shape index (κ2) is 8.47. The zero-order valence-electron chi connectivity index (χ0n) is 19.6. The largest absolute Gasteiger partial charge is 0.417 e. The molecule has 36 heavy (non-hydrogen) atoms. The third-order valence-corrected chi connectivity index (χ3v) is 6.84. The van der Waals surface area contributed by atoms with Crippen LogP contribution in [0, 0.1) is 5.92 Å². The molecule has 0 bridgehead atoms. The van der Waals surface area contributed by atoms with Gasteiger partial charge in [0.2, 0.25) is 0 Å². The number of nitrogens with one attached hydrogen (secondary N) is 2. The van der Waals surface area contributed by atoms with Gasteiger partial charge in [0.05, 0.1) is 29.6 Å². The number of amides is 2. The summed E-state index contributed by atoms with van der Waals surface area (Å²) in [4.78, 5) is 38.6. The maximum absolute atomic E-state index is 14.1. The number of rotatable bonds is 6. The van der Waals surface area contributed by atoms with Crippen LogP contribution < -0.4 is 11.1 Å². The molecule has 1 fully saturated rings. The number of aromatic nitrogens is 3. The van der Waals surface area contributed by atoms with E-state index in [-0.39, 0.29) is 64.1 Å². The second-order valence-corrected chi connectivity index (χ2v) is 9.49. The van der Waals surface area contributed by atoms with Crippen molar-refractivity contribution in [2.75, 3.05) is 12.3 Å². The molecule has 1 aromatic carbocycles. The summed E-state index contributed by atoms with van der Waals surface area (Å²) in [6.07, 6.45) is -1.54. The van der Waals surface area contributed by atoms with Crippen LogP contribution >= 0.6 is 0 Å². The molecule has 190 valence electrons. The fraction of sp³-hybridized carbons (Fsp3) is 0.417. The van der Waals surface area contributed by atoms with Crippen LogP contribution in [0.25, 0.3) is 22.4 Å². The summed E-state index contributed by atoms with van der Waals surface area (Å²) in [5, 5.41) is 11.8. The number of nitrogens with zero attached hydrogens (tertiary/aromatic N) is 3. The Bertz CT molecular complexity index is 1380. The lowest BCUT2D eigenvalue weighted by Crippen LogP contribution is -2.35. The van der Waals surface area contributed by atoms with E-state index in [9.17, 15) is 27.9 Å². The highest BCUT2D eigenvalue weighted by Gasteiger charge is 2.44. The summed E-state index contributed by atoms with van der Waals surface area (Å²) >= 11 is 0. The minimum absolute atomic E-state index is 0.00924. The zero-order valence-corrected chi connectivity index (χ0v) is 19.6. The number of anilines is 1. The molecule has 0 spiro atoms. The van der Waals surface area contributed by atoms with Gasteiger partial charge in [0.25, 0.3) is 11.8 Å². The number of aliphatic hydroxyl groups is 1. The third-order valence-electron chi connectivity index (χ3n) is 6.84. The maximum Gasteiger partial charge on any atom is 0.417 e. The summed E-state index contributed by atoms with van der Waals surface area (Å²) in [7, 11) is 0. The molecular formula is C24H25F3N6O3. The van der Waals surface area contributed by atoms with Crippen LogP contribution in [0.1, 0.15) is 58.5 Å². The normalized spacial score (nSPS) is 17.4. The SMILES string of the molecule is C[C@H](CO)NC(=O)c1c(N)[nH]c2ncc(-c3cc4c(c(C(F)(F)F)c3)C(=O)N([C@@H](C)C3CC3)C4)nc12. The van der Waals surface area contributed by atoms with Gasteiger partial charge in [-0.3, -0.25) is 9.59 Å². The molecule has 1 saturated carbocycles. The number of nitrogens with two attached hydrogens (primary N) is 1. The Morgan fingerprint density at radius 2 is 2.06 bits per heavy atom. The second-order valence-electron chi connectivity index (χ2n) is 9.49. The molecule has 12 heteroatoms. The average molecular weight is 502 g/mol. The first-order valence-corrected chi connectivity index (χ1v) is 11.6. The predicted molar refractivity (Wildman–Crippen MR) is 125 cm³/mol. The van der Waals surface area contributed by atoms with E-state index >= 15 is 0 Å². The lowest BCUT2D eigenvalue weighted by atomic mass is 9.97. The lowest BCUT2D eigenvalue weighted by Gasteiger charge is -2.24. The Balaban J connectivity index is 1.60. The van der Waals surface area contributed by atoms with E-state index < -0.39 is 29.6 Å². The van der Waals surface area contributed by atoms with Crippen molar-refractivity contribution in [2.45, 2.75) is 51.5 Å². The van der Waals surface area contributed by atoms with E-state index in [1.807, 2.05) is 6.92 Å². The van der Waals surface area contributed by atoms with Crippen LogP contribution in [-0.2, 0) is 12.7 Å². The van der Waals surface area contributed by atoms with Crippen LogP contribution in [0.4, 0.5) is 19.0 Å². The van der Waals surface area contributed by atoms with Crippen LogP contribution in [0.5, 0.6) is 0 Å². The molecule has 0 saturated heterocycles. The summed E-state index contributed by atoms with van der Waals surface area (Å²) in [6, 6.07) is 1.74. The van der Waals surface area contributed by atoms with Crippen molar-refractivity contribution >= 4 is 28.8 Å². The van der Waals surface area contributed by atoms with Gasteiger partial charge in [-0.2, -0.15) is 13.2 Å². The van der Waals surface area contributed by atoms with Gasteiger partial charge >= 0.3 is 6.18 Å². The quantitative estimate of drug-likeness (QED) is 0.409. The third kappa shape index (κ3) is 4.04. The number of H-pyrrole nitrogens is 1. The number of fused-ring (bicyclic) bond motifs is 2. The monoisotopic (exact) mass is 502 g/mol. The van der Waals surface area contributed by atoms with Crippen LogP contribution in [0.15, 0.2) is 18.3 Å². The van der Waals surface area contributed by atoms with Crippen LogP contribution in [0.3, 0.4) is 0 Å². The molecule has 0 radical (unpaired) electrons. The number of alkyl halides is 3. The molecule has 1 aliphatic heterocycles. The number of benzene rings is 1. The highest BCUT2D eigenvalue weighted by atomic mass is 19.4. The minimum atomic E-state index is -4.75. The molecule has 5 rings (SSSR count). The molecule has 2 atom stereocenters. The Hall–Kier alpha value is -3.67. The molecule has 5 N–H and O–H groups in total. The molecule has 9 nitrogen and oxygen atoms in total. The predicted octanol–water partition coefficient (Wildman–Crippen LogP) is 3.09. The zero-order chi connectivity index (χ0) is 25.9. The highest BCUT2D eigenvalue weighted by Crippen LogP contribution is 2.43. The summed E-state index contributed by atoms with van der Waals surface area (Å²) < 4.78 is 42.3. The van der Waals surface area contributed by atoms with Crippen molar-refractivity contribution in [2.24, 2.45) is 5.92 Å². The van der Waals surface area contributed by atoms with Gasteiger partial charge in [0.1, 0.15) is 16.9 Å². The number of halogens is 3. The molecule has 1 aliphatic carbocycles. The van der Waals surface area contributed by atoms with Gasteiger partial charge in [0.15, 0.2) is 5.65 Å². The maximum atomic E-state index is 14.1. The van der Waals surface area contributed by atoms with Crippen molar-refractivity contribution < 1.29 is 27.9 Å². The number of aromatic amines is 1. The van der Waals surface area contributed by atoms with Crippen molar-refractivity contribution in [3.8, 4) is 11.3 Å². The van der Waals surface area contributed by atoms with E-state index in [1.54, 1.807) is 6.92 Å². The molecule has 3 heterocycles. The van der Waals surface area contributed by atoms with Gasteiger partial charge in [-0.1, -0.05) is 0 Å². The summed E-state index contributed by atoms with van der Waals surface area (Å²) in [5.41, 5.74) is 5.37. The average Bonchev–Trinajstić information content (AvgIpc) is 3.54. The summed E-state index contributed by atoms with van der Waals surface area (Å²) in [6.45, 7) is 3.26. The number of carbonyl (C=O) groups is 2. The number of hydrogen-bond donors (Lipinski definition) is 4. The lowest BCUT2D eigenvalue weighted by molar-refractivity contribution is -0.137. The van der Waals surface area contributed by atoms with Crippen molar-refractivity contribution in [3.63, 3.8) is 0 Å². The van der Waals surface area contributed by atoms with E-state index in [1.165, 1.54) is 17.2 Å². The first-order chi connectivity index (χ1) is 17.0. The highest BCUT2D eigenvalue weighted by molar-refractivity contribution is 6.09. The Morgan fingerprint density at radius 3 is 2.69 bits per heavy atom. The molecule has 2 aliphatic rings. The molecule has 0 unspecified atom stereocenters. The molecular weight excluding hydrogens is 477 g/mol. The van der Waals surface area contributed by atoms with Gasteiger partial charge in [0, 0.05) is 24.2 Å². The van der Waals surface area contributed by atoms with Crippen molar-refractivity contribution in [1.82, 2.24) is 25.2 Å². The van der Waals surface area contributed by atoms with E-state index in [0.29, 0.717) is 5.92 Å². The standard InChI is InChI=1S/C24H25F3N6O3/c1-10(9-34)30-22(35)18-19-21(32-20(18)28)29-7-16(31-19)13-5-14-8-33(11(2)12-3-4-12)23(36)17(14)15(6-13)24(25,26)27/h5-7,10-12,34H,3-4,8-9,28H2,1-2H3,(H,29,32)(H,30,35)/t10-,11+/m1/s1. The molecule has 3 aromatic rings. The Labute approximate surface area is 203 Å². The van der Waals surface area contributed by atoms with Gasteiger partial charge in [-0.25, -0.2) is 9.97 Å². The van der Waals surface area contributed by atoms with Gasteiger partial charge in [-0.15, -0.1) is 0 Å². The Kier molecular flexibility index (Phi) is 5.66. The molecule has 2 aromatic heterocycles. The van der Waals surface area contributed by atoms with E-state index in [0.717, 1.165) is 18.9 Å². The van der Waals surface area contributed by atoms with Crippen molar-refractivity contribution in [1.29, 1.82) is 0 Å². The fourth-order valence-electron chi connectivity index (χ4n) is 4.69. The van der Waals surface area contributed by atoms with Gasteiger partial charge < -0.3 is 26.0 Å². The number of aliphatic hydroxyl groups excluding tert-OH is 1. The van der Waals surface area contributed by atoms with Crippen LogP contribution in [0.2, 0.25) is 0 Å². The number of carbonyl (C=O) groups excluding carboxylic acids is 2. The minimum Gasteiger partial charge on any atom is -0.394 e. The number of hydrogen-bond acceptors (Lipinski definition) is 6. The topological polar surface area (TPSA) is 137 Å². The van der Waals surface area contributed by atoms with Crippen molar-refractivity contribution in [3.05, 3.63) is 40.6 Å². The Morgan fingerprint density at radius 1 is 1.33 bits per heavy atom.